The highest BCUT2D eigenvalue weighted by Crippen LogP contribution is 2.32. The molecule has 0 amide bonds. The fourth-order valence-corrected chi connectivity index (χ4v) is 5.32. The Hall–Kier alpha value is -2.20. The zero-order valence-electron chi connectivity index (χ0n) is 14.6. The van der Waals surface area contributed by atoms with E-state index in [-0.39, 0.29) is 14.9 Å². The molecular weight excluding hydrogens is 423 g/mol. The zero-order chi connectivity index (χ0) is 19.9. The van der Waals surface area contributed by atoms with Crippen LogP contribution in [0.4, 0.5) is 11.6 Å². The lowest BCUT2D eigenvalue weighted by Gasteiger charge is -2.35. The van der Waals surface area contributed by atoms with Gasteiger partial charge in [-0.25, -0.2) is 23.4 Å². The summed E-state index contributed by atoms with van der Waals surface area (Å²) in [5.41, 5.74) is 6.22. The lowest BCUT2D eigenvalue weighted by molar-refractivity contribution is 0.384. The summed E-state index contributed by atoms with van der Waals surface area (Å²) in [5, 5.41) is 1.02. The van der Waals surface area contributed by atoms with E-state index in [2.05, 4.69) is 15.0 Å². The largest absolute Gasteiger partial charge is 0.384 e. The highest BCUT2D eigenvalue weighted by atomic mass is 35.5. The van der Waals surface area contributed by atoms with E-state index < -0.39 is 10.0 Å². The van der Waals surface area contributed by atoms with E-state index in [0.717, 1.165) is 5.39 Å². The van der Waals surface area contributed by atoms with Crippen LogP contribution in [0.1, 0.15) is 0 Å². The van der Waals surface area contributed by atoms with Crippen LogP contribution in [-0.2, 0) is 10.0 Å². The molecule has 0 aliphatic carbocycles. The first kappa shape index (κ1) is 19.1. The predicted molar refractivity (Wildman–Crippen MR) is 109 cm³/mol. The number of piperazine rings is 1. The normalized spacial score (nSPS) is 15.9. The van der Waals surface area contributed by atoms with Gasteiger partial charge in [0.05, 0.1) is 15.4 Å². The lowest BCUT2D eigenvalue weighted by atomic mass is 10.2. The molecule has 1 fully saturated rings. The molecule has 11 heteroatoms. The maximum Gasteiger partial charge on any atom is 0.244 e. The van der Waals surface area contributed by atoms with Gasteiger partial charge in [-0.1, -0.05) is 29.3 Å². The molecule has 1 aliphatic rings. The molecule has 1 aromatic carbocycles. The van der Waals surface area contributed by atoms with Crippen molar-refractivity contribution >= 4 is 55.9 Å². The maximum absolute atomic E-state index is 13.0. The molecule has 2 aromatic heterocycles. The number of aromatic nitrogens is 3. The number of hydrogen-bond acceptors (Lipinski definition) is 7. The topological polar surface area (TPSA) is 105 Å². The summed E-state index contributed by atoms with van der Waals surface area (Å²) in [5.74, 6) is 1.08. The van der Waals surface area contributed by atoms with Gasteiger partial charge in [0.1, 0.15) is 22.9 Å². The van der Waals surface area contributed by atoms with Gasteiger partial charge in [0.25, 0.3) is 0 Å². The average Bonchev–Trinajstić information content (AvgIpc) is 2.69. The molecule has 28 heavy (non-hydrogen) atoms. The van der Waals surface area contributed by atoms with Crippen LogP contribution in [0, 0.1) is 0 Å². The summed E-state index contributed by atoms with van der Waals surface area (Å²) in [7, 11) is -3.74. The molecule has 8 nitrogen and oxygen atoms in total. The summed E-state index contributed by atoms with van der Waals surface area (Å²) in [6.07, 6.45) is 1.43. The van der Waals surface area contributed by atoms with Crippen molar-refractivity contribution < 1.29 is 8.42 Å². The average molecular weight is 439 g/mol. The van der Waals surface area contributed by atoms with Crippen molar-refractivity contribution in [1.82, 2.24) is 19.3 Å². The van der Waals surface area contributed by atoms with Crippen LogP contribution in [0.3, 0.4) is 0 Å². The van der Waals surface area contributed by atoms with Gasteiger partial charge < -0.3 is 10.6 Å². The number of nitrogen functional groups attached to an aromatic ring is 1. The molecule has 1 aliphatic heterocycles. The highest BCUT2D eigenvalue weighted by molar-refractivity contribution is 7.89. The molecule has 0 bridgehead atoms. The maximum atomic E-state index is 13.0. The van der Waals surface area contributed by atoms with Crippen molar-refractivity contribution in [2.24, 2.45) is 0 Å². The van der Waals surface area contributed by atoms with Crippen molar-refractivity contribution in [3.63, 3.8) is 0 Å². The van der Waals surface area contributed by atoms with Gasteiger partial charge in [-0.2, -0.15) is 4.31 Å². The third-order valence-electron chi connectivity index (χ3n) is 4.57. The van der Waals surface area contributed by atoms with Crippen molar-refractivity contribution in [1.29, 1.82) is 0 Å². The molecule has 3 heterocycles. The number of pyridine rings is 1. The minimum Gasteiger partial charge on any atom is -0.384 e. The van der Waals surface area contributed by atoms with Crippen molar-refractivity contribution in [2.75, 3.05) is 36.8 Å². The van der Waals surface area contributed by atoms with Crippen molar-refractivity contribution in [3.8, 4) is 0 Å². The minimum atomic E-state index is -3.74. The number of nitrogens with two attached hydrogens (primary N) is 1. The third-order valence-corrected chi connectivity index (χ3v) is 7.44. The van der Waals surface area contributed by atoms with Crippen LogP contribution in [0.5, 0.6) is 0 Å². The number of anilines is 2. The monoisotopic (exact) mass is 438 g/mol. The molecule has 0 atom stereocenters. The van der Waals surface area contributed by atoms with E-state index in [1.165, 1.54) is 16.7 Å². The van der Waals surface area contributed by atoms with Crippen molar-refractivity contribution in [3.05, 3.63) is 46.7 Å². The molecule has 0 unspecified atom stereocenters. The van der Waals surface area contributed by atoms with Crippen molar-refractivity contribution in [2.45, 2.75) is 4.90 Å². The van der Waals surface area contributed by atoms with Crippen LogP contribution in [0.25, 0.3) is 11.0 Å². The summed E-state index contributed by atoms with van der Waals surface area (Å²) < 4.78 is 27.3. The van der Waals surface area contributed by atoms with E-state index in [1.54, 1.807) is 18.2 Å². The molecule has 0 saturated carbocycles. The summed E-state index contributed by atoms with van der Waals surface area (Å²) in [4.78, 5) is 14.7. The zero-order valence-corrected chi connectivity index (χ0v) is 16.9. The predicted octanol–water partition coefficient (Wildman–Crippen LogP) is 2.42. The first-order valence-electron chi connectivity index (χ1n) is 8.44. The quantitative estimate of drug-likeness (QED) is 0.668. The van der Waals surface area contributed by atoms with Gasteiger partial charge >= 0.3 is 0 Å². The fraction of sp³-hybridized carbons (Fsp3) is 0.235. The Morgan fingerprint density at radius 2 is 1.75 bits per heavy atom. The molecule has 146 valence electrons. The van der Waals surface area contributed by atoms with Gasteiger partial charge in [-0.15, -0.1) is 0 Å². The first-order valence-corrected chi connectivity index (χ1v) is 10.6. The number of benzene rings is 1. The number of halogens is 2. The first-order chi connectivity index (χ1) is 13.4. The Morgan fingerprint density at radius 3 is 2.50 bits per heavy atom. The third kappa shape index (κ3) is 3.35. The SMILES string of the molecule is Nc1ccc2c(N3CCN(S(=O)(=O)c4cccc(Cl)c4Cl)CC3)ncnc2n1. The number of fused-ring (bicyclic) bond motifs is 1. The highest BCUT2D eigenvalue weighted by Gasteiger charge is 2.31. The van der Waals surface area contributed by atoms with Gasteiger partial charge in [-0.3, -0.25) is 0 Å². The molecule has 3 aromatic rings. The lowest BCUT2D eigenvalue weighted by Crippen LogP contribution is -2.49. The van der Waals surface area contributed by atoms with E-state index in [9.17, 15) is 8.42 Å². The summed E-state index contributed by atoms with van der Waals surface area (Å²) in [6, 6.07) is 8.10. The van der Waals surface area contributed by atoms with Gasteiger partial charge in [0.15, 0.2) is 5.65 Å². The van der Waals surface area contributed by atoms with Gasteiger partial charge in [0.2, 0.25) is 10.0 Å². The standard InChI is InChI=1S/C17H16Cl2N6O2S/c18-12-2-1-3-13(15(12)19)28(26,27)25-8-6-24(7-9-25)17-11-4-5-14(20)23-16(11)21-10-22-17/h1-5,10H,6-9H2,(H2,20,21,22,23). The van der Waals surface area contributed by atoms with Crippen LogP contribution >= 0.6 is 23.2 Å². The van der Waals surface area contributed by atoms with Gasteiger partial charge in [-0.05, 0) is 24.3 Å². The summed E-state index contributed by atoms with van der Waals surface area (Å²) in [6.45, 7) is 1.51. The number of sulfonamides is 1. The Morgan fingerprint density at radius 1 is 1.00 bits per heavy atom. The number of rotatable bonds is 3. The van der Waals surface area contributed by atoms with E-state index >= 15 is 0 Å². The smallest absolute Gasteiger partial charge is 0.244 e. The van der Waals surface area contributed by atoms with Crippen LogP contribution in [0.15, 0.2) is 41.6 Å². The second-order valence-electron chi connectivity index (χ2n) is 6.25. The Labute approximate surface area is 172 Å². The van der Waals surface area contributed by atoms with Gasteiger partial charge in [0, 0.05) is 26.2 Å². The Bertz CT molecular complexity index is 1150. The van der Waals surface area contributed by atoms with E-state index in [1.807, 2.05) is 11.0 Å². The molecular formula is C17H16Cl2N6O2S. The van der Waals surface area contributed by atoms with E-state index in [4.69, 9.17) is 28.9 Å². The summed E-state index contributed by atoms with van der Waals surface area (Å²) >= 11 is 12.1. The molecule has 1 saturated heterocycles. The second-order valence-corrected chi connectivity index (χ2v) is 8.94. The van der Waals surface area contributed by atoms with Crippen LogP contribution < -0.4 is 10.6 Å². The second kappa shape index (κ2) is 7.32. The molecule has 0 radical (unpaired) electrons. The fourth-order valence-electron chi connectivity index (χ4n) is 3.16. The Kier molecular flexibility index (Phi) is 5.00. The van der Waals surface area contributed by atoms with E-state index in [0.29, 0.717) is 43.5 Å². The molecule has 2 N–H and O–H groups in total. The molecule has 0 spiro atoms. The molecule has 4 rings (SSSR count). The minimum absolute atomic E-state index is 0.0160. The van der Waals surface area contributed by atoms with Crippen LogP contribution in [0.2, 0.25) is 10.0 Å². The Balaban J connectivity index is 1.58. The number of hydrogen-bond donors (Lipinski definition) is 1. The number of nitrogens with zero attached hydrogens (tertiary/aromatic N) is 5. The van der Waals surface area contributed by atoms with Crippen LogP contribution in [-0.4, -0.2) is 53.9 Å².